The van der Waals surface area contributed by atoms with Gasteiger partial charge in [0.2, 0.25) is 0 Å². The predicted molar refractivity (Wildman–Crippen MR) is 116 cm³/mol. The summed E-state index contributed by atoms with van der Waals surface area (Å²) in [5.74, 6) is -0.0238. The van der Waals surface area contributed by atoms with Gasteiger partial charge in [0.15, 0.2) is 5.76 Å². The van der Waals surface area contributed by atoms with E-state index in [1.807, 2.05) is 12.1 Å². The third kappa shape index (κ3) is 6.02. The Hall–Kier alpha value is -3.94. The second-order valence-electron chi connectivity index (χ2n) is 7.89. The van der Waals surface area contributed by atoms with Crippen LogP contribution in [-0.4, -0.2) is 17.0 Å². The van der Waals surface area contributed by atoms with Crippen molar-refractivity contribution >= 4 is 18.0 Å². The second-order valence-corrected chi connectivity index (χ2v) is 7.89. The van der Waals surface area contributed by atoms with Crippen LogP contribution in [0.5, 0.6) is 5.75 Å². The van der Waals surface area contributed by atoms with Crippen molar-refractivity contribution in [3.63, 3.8) is 0 Å². The maximum absolute atomic E-state index is 12.1. The SMILES string of the molecule is CC(C)(C)c1ccc(COc2ccc(C(=O)N/N=C\c3ccc([N+](=O)[O-])o3)cc2)cc1. The Balaban J connectivity index is 1.51. The van der Waals surface area contributed by atoms with E-state index in [0.29, 0.717) is 17.9 Å². The van der Waals surface area contributed by atoms with E-state index in [0.717, 1.165) is 5.56 Å². The summed E-state index contributed by atoms with van der Waals surface area (Å²) in [5.41, 5.74) is 5.16. The Labute approximate surface area is 179 Å². The van der Waals surface area contributed by atoms with Crippen LogP contribution in [0.3, 0.4) is 0 Å². The number of benzene rings is 2. The average molecular weight is 421 g/mol. The van der Waals surface area contributed by atoms with Crippen molar-refractivity contribution in [2.45, 2.75) is 32.8 Å². The molecule has 3 rings (SSSR count). The number of carbonyl (C=O) groups is 1. The molecule has 1 amide bonds. The molecule has 31 heavy (non-hydrogen) atoms. The molecule has 0 bridgehead atoms. The lowest BCUT2D eigenvalue weighted by molar-refractivity contribution is -0.402. The summed E-state index contributed by atoms with van der Waals surface area (Å²) in [6, 6.07) is 17.6. The first-order valence-electron chi connectivity index (χ1n) is 9.62. The topological polar surface area (TPSA) is 107 Å². The number of carbonyl (C=O) groups excluding carboxylic acids is 1. The molecule has 2 aromatic carbocycles. The van der Waals surface area contributed by atoms with Gasteiger partial charge >= 0.3 is 5.88 Å². The zero-order valence-corrected chi connectivity index (χ0v) is 17.5. The molecule has 0 aliphatic heterocycles. The standard InChI is InChI=1S/C23H23N3O5/c1-23(2,3)18-8-4-16(5-9-18)15-30-19-10-6-17(7-11-19)22(27)25-24-14-20-12-13-21(31-20)26(28)29/h4-14H,15H2,1-3H3,(H,25,27)/b24-14-. The Kier molecular flexibility index (Phi) is 6.49. The summed E-state index contributed by atoms with van der Waals surface area (Å²) in [6.45, 7) is 6.94. The summed E-state index contributed by atoms with van der Waals surface area (Å²) < 4.78 is 10.7. The number of nitrogens with zero attached hydrogens (tertiary/aromatic N) is 2. The van der Waals surface area contributed by atoms with Crippen LogP contribution < -0.4 is 10.2 Å². The number of hydrogen-bond donors (Lipinski definition) is 1. The fourth-order valence-electron chi connectivity index (χ4n) is 2.70. The van der Waals surface area contributed by atoms with Crippen LogP contribution in [-0.2, 0) is 12.0 Å². The molecule has 0 atom stereocenters. The number of nitrogens with one attached hydrogen (secondary N) is 1. The zero-order chi connectivity index (χ0) is 22.4. The van der Waals surface area contributed by atoms with Gasteiger partial charge in [0.25, 0.3) is 5.91 Å². The van der Waals surface area contributed by atoms with Gasteiger partial charge in [0, 0.05) is 5.56 Å². The number of amides is 1. The van der Waals surface area contributed by atoms with Crippen LogP contribution in [0.1, 0.15) is 48.0 Å². The lowest BCUT2D eigenvalue weighted by Gasteiger charge is -2.19. The number of nitro groups is 1. The number of rotatable bonds is 7. The molecule has 0 saturated carbocycles. The molecular formula is C23H23N3O5. The molecule has 0 unspecified atom stereocenters. The molecule has 0 spiro atoms. The van der Waals surface area contributed by atoms with E-state index in [4.69, 9.17) is 9.15 Å². The van der Waals surface area contributed by atoms with Gasteiger partial charge in [-0.2, -0.15) is 5.10 Å². The highest BCUT2D eigenvalue weighted by atomic mass is 16.6. The highest BCUT2D eigenvalue weighted by Gasteiger charge is 2.13. The number of ether oxygens (including phenoxy) is 1. The van der Waals surface area contributed by atoms with Crippen molar-refractivity contribution in [3.05, 3.63) is 93.2 Å². The molecule has 8 nitrogen and oxygen atoms in total. The summed E-state index contributed by atoms with van der Waals surface area (Å²) in [5, 5.41) is 14.3. The lowest BCUT2D eigenvalue weighted by Crippen LogP contribution is -2.17. The van der Waals surface area contributed by atoms with E-state index in [-0.39, 0.29) is 11.2 Å². The van der Waals surface area contributed by atoms with Crippen LogP contribution >= 0.6 is 0 Å². The van der Waals surface area contributed by atoms with Crippen molar-refractivity contribution in [1.82, 2.24) is 5.43 Å². The third-order valence-corrected chi connectivity index (χ3v) is 4.49. The average Bonchev–Trinajstić information content (AvgIpc) is 3.21. The molecule has 0 aliphatic rings. The molecular weight excluding hydrogens is 398 g/mol. The zero-order valence-electron chi connectivity index (χ0n) is 17.5. The fourth-order valence-corrected chi connectivity index (χ4v) is 2.70. The molecule has 0 radical (unpaired) electrons. The van der Waals surface area contributed by atoms with E-state index in [2.05, 4.69) is 43.4 Å². The molecule has 0 fully saturated rings. The Morgan fingerprint density at radius 3 is 2.35 bits per heavy atom. The minimum atomic E-state index is -0.652. The van der Waals surface area contributed by atoms with Gasteiger partial charge in [-0.25, -0.2) is 5.43 Å². The predicted octanol–water partition coefficient (Wildman–Crippen LogP) is 4.83. The van der Waals surface area contributed by atoms with Gasteiger partial charge < -0.3 is 9.15 Å². The van der Waals surface area contributed by atoms with Gasteiger partial charge in [0.05, 0.1) is 12.3 Å². The van der Waals surface area contributed by atoms with E-state index >= 15 is 0 Å². The van der Waals surface area contributed by atoms with Crippen molar-refractivity contribution in [3.8, 4) is 5.75 Å². The molecule has 1 heterocycles. The summed E-state index contributed by atoms with van der Waals surface area (Å²) in [7, 11) is 0. The number of furan rings is 1. The van der Waals surface area contributed by atoms with Crippen molar-refractivity contribution in [2.24, 2.45) is 5.10 Å². The molecule has 0 saturated heterocycles. The Morgan fingerprint density at radius 2 is 1.77 bits per heavy atom. The molecule has 160 valence electrons. The maximum atomic E-state index is 12.1. The van der Waals surface area contributed by atoms with Gasteiger partial charge in [-0.3, -0.25) is 14.9 Å². The second kappa shape index (κ2) is 9.25. The van der Waals surface area contributed by atoms with Crippen LogP contribution in [0, 0.1) is 10.1 Å². The van der Waals surface area contributed by atoms with Crippen LogP contribution in [0.4, 0.5) is 5.88 Å². The lowest BCUT2D eigenvalue weighted by atomic mass is 9.87. The van der Waals surface area contributed by atoms with E-state index < -0.39 is 16.7 Å². The number of hydrogen-bond acceptors (Lipinski definition) is 6. The minimum Gasteiger partial charge on any atom is -0.489 e. The van der Waals surface area contributed by atoms with Crippen molar-refractivity contribution in [1.29, 1.82) is 0 Å². The van der Waals surface area contributed by atoms with E-state index in [1.54, 1.807) is 24.3 Å². The first-order chi connectivity index (χ1) is 14.7. The largest absolute Gasteiger partial charge is 0.489 e. The Bertz CT molecular complexity index is 1080. The van der Waals surface area contributed by atoms with Crippen molar-refractivity contribution < 1.29 is 18.9 Å². The minimum absolute atomic E-state index is 0.107. The summed E-state index contributed by atoms with van der Waals surface area (Å²) in [4.78, 5) is 22.1. The highest BCUT2D eigenvalue weighted by molar-refractivity contribution is 5.94. The first kappa shape index (κ1) is 21.8. The quantitative estimate of drug-likeness (QED) is 0.334. The fraction of sp³-hybridized carbons (Fsp3) is 0.217. The Morgan fingerprint density at radius 1 is 1.10 bits per heavy atom. The van der Waals surface area contributed by atoms with Crippen LogP contribution in [0.25, 0.3) is 0 Å². The molecule has 3 aromatic rings. The summed E-state index contributed by atoms with van der Waals surface area (Å²) >= 11 is 0. The van der Waals surface area contributed by atoms with E-state index in [1.165, 1.54) is 23.9 Å². The maximum Gasteiger partial charge on any atom is 0.433 e. The van der Waals surface area contributed by atoms with Crippen molar-refractivity contribution in [2.75, 3.05) is 0 Å². The molecule has 1 N–H and O–H groups in total. The van der Waals surface area contributed by atoms with Gasteiger partial charge in [-0.05, 0) is 46.9 Å². The smallest absolute Gasteiger partial charge is 0.433 e. The van der Waals surface area contributed by atoms with Gasteiger partial charge in [-0.15, -0.1) is 0 Å². The van der Waals surface area contributed by atoms with Gasteiger partial charge in [-0.1, -0.05) is 45.0 Å². The monoisotopic (exact) mass is 421 g/mol. The molecule has 8 heteroatoms. The number of hydrazone groups is 1. The normalized spacial score (nSPS) is 11.5. The van der Waals surface area contributed by atoms with Crippen LogP contribution in [0.15, 0.2) is 70.2 Å². The van der Waals surface area contributed by atoms with E-state index in [9.17, 15) is 14.9 Å². The molecule has 1 aromatic heterocycles. The summed E-state index contributed by atoms with van der Waals surface area (Å²) in [6.07, 6.45) is 1.19. The highest BCUT2D eigenvalue weighted by Crippen LogP contribution is 2.23. The third-order valence-electron chi connectivity index (χ3n) is 4.49. The molecule has 0 aliphatic carbocycles. The first-order valence-corrected chi connectivity index (χ1v) is 9.62. The van der Waals surface area contributed by atoms with Crippen LogP contribution in [0.2, 0.25) is 0 Å². The van der Waals surface area contributed by atoms with Gasteiger partial charge in [0.1, 0.15) is 17.3 Å².